The van der Waals surface area contributed by atoms with Gasteiger partial charge in [-0.1, -0.05) is 33.6 Å². The number of rotatable bonds is 7. The van der Waals surface area contributed by atoms with Gasteiger partial charge < -0.3 is 5.32 Å². The molecule has 2 saturated carbocycles. The molecule has 4 atom stereocenters. The van der Waals surface area contributed by atoms with Crippen LogP contribution in [-0.4, -0.2) is 13.1 Å². The molecular weight excluding hydrogens is 206 g/mol. The molecule has 0 radical (unpaired) electrons. The molecule has 100 valence electrons. The summed E-state index contributed by atoms with van der Waals surface area (Å²) in [4.78, 5) is 0. The lowest BCUT2D eigenvalue weighted by molar-refractivity contribution is 0.118. The number of hydrogen-bond acceptors (Lipinski definition) is 1. The summed E-state index contributed by atoms with van der Waals surface area (Å²) < 4.78 is 0. The van der Waals surface area contributed by atoms with Crippen molar-refractivity contribution in [3.8, 4) is 0 Å². The molecule has 2 bridgehead atoms. The van der Waals surface area contributed by atoms with E-state index in [2.05, 4.69) is 26.1 Å². The Morgan fingerprint density at radius 2 is 2.12 bits per heavy atom. The molecule has 2 aliphatic carbocycles. The number of nitrogens with one attached hydrogen (secondary N) is 1. The van der Waals surface area contributed by atoms with Gasteiger partial charge in [0, 0.05) is 6.54 Å². The van der Waals surface area contributed by atoms with E-state index in [9.17, 15) is 0 Å². The monoisotopic (exact) mass is 237 g/mol. The third-order valence-electron chi connectivity index (χ3n) is 5.46. The van der Waals surface area contributed by atoms with Gasteiger partial charge in [-0.25, -0.2) is 0 Å². The van der Waals surface area contributed by atoms with E-state index in [0.29, 0.717) is 5.41 Å². The van der Waals surface area contributed by atoms with Crippen LogP contribution in [-0.2, 0) is 0 Å². The van der Waals surface area contributed by atoms with E-state index in [1.165, 1.54) is 51.6 Å². The lowest BCUT2D eigenvalue weighted by Crippen LogP contribution is -2.40. The second-order valence-electron chi connectivity index (χ2n) is 6.84. The van der Waals surface area contributed by atoms with Crippen molar-refractivity contribution >= 4 is 0 Å². The van der Waals surface area contributed by atoms with Crippen molar-refractivity contribution in [2.24, 2.45) is 23.2 Å². The van der Waals surface area contributed by atoms with Gasteiger partial charge in [0.05, 0.1) is 0 Å². The van der Waals surface area contributed by atoms with Gasteiger partial charge in [-0.3, -0.25) is 0 Å². The van der Waals surface area contributed by atoms with Crippen molar-refractivity contribution in [2.75, 3.05) is 13.1 Å². The maximum atomic E-state index is 3.73. The SMILES string of the molecule is CCCNCC1(CC(C)CC)CC2CCC1C2. The van der Waals surface area contributed by atoms with E-state index in [1.807, 2.05) is 0 Å². The number of hydrogen-bond donors (Lipinski definition) is 1. The molecule has 0 aromatic heterocycles. The summed E-state index contributed by atoms with van der Waals surface area (Å²) in [6.45, 7) is 9.58. The standard InChI is InChI=1S/C16H31N/c1-4-8-17-12-16(10-13(3)5-2)11-14-6-7-15(16)9-14/h13-15,17H,4-12H2,1-3H3. The van der Waals surface area contributed by atoms with Gasteiger partial charge in [0.1, 0.15) is 0 Å². The topological polar surface area (TPSA) is 12.0 Å². The summed E-state index contributed by atoms with van der Waals surface area (Å²) >= 11 is 0. The van der Waals surface area contributed by atoms with Crippen molar-refractivity contribution in [2.45, 2.75) is 65.7 Å². The lowest BCUT2D eigenvalue weighted by Gasteiger charge is -2.40. The molecule has 2 rings (SSSR count). The highest BCUT2D eigenvalue weighted by Crippen LogP contribution is 2.58. The van der Waals surface area contributed by atoms with Crippen LogP contribution >= 0.6 is 0 Å². The summed E-state index contributed by atoms with van der Waals surface area (Å²) in [5.74, 6) is 3.04. The zero-order chi connectivity index (χ0) is 12.3. The van der Waals surface area contributed by atoms with Crippen LogP contribution in [0.4, 0.5) is 0 Å². The Morgan fingerprint density at radius 3 is 2.65 bits per heavy atom. The highest BCUT2D eigenvalue weighted by Gasteiger charge is 2.50. The van der Waals surface area contributed by atoms with E-state index in [1.54, 1.807) is 6.42 Å². The van der Waals surface area contributed by atoms with Crippen molar-refractivity contribution in [3.05, 3.63) is 0 Å². The summed E-state index contributed by atoms with van der Waals surface area (Å²) in [7, 11) is 0. The quantitative estimate of drug-likeness (QED) is 0.653. The van der Waals surface area contributed by atoms with Crippen molar-refractivity contribution in [1.29, 1.82) is 0 Å². The van der Waals surface area contributed by atoms with E-state index in [4.69, 9.17) is 0 Å². The zero-order valence-electron chi connectivity index (χ0n) is 12.1. The molecule has 0 heterocycles. The predicted molar refractivity (Wildman–Crippen MR) is 75.1 cm³/mol. The molecular formula is C16H31N. The first-order chi connectivity index (χ1) is 8.20. The van der Waals surface area contributed by atoms with Crippen molar-refractivity contribution < 1.29 is 0 Å². The van der Waals surface area contributed by atoms with Gasteiger partial charge in [-0.05, 0) is 61.8 Å². The molecule has 0 spiro atoms. The minimum absolute atomic E-state index is 0.674. The summed E-state index contributed by atoms with van der Waals surface area (Å²) in [5.41, 5.74) is 0.674. The normalized spacial score (nSPS) is 37.6. The second-order valence-corrected chi connectivity index (χ2v) is 6.84. The van der Waals surface area contributed by atoms with E-state index >= 15 is 0 Å². The summed E-state index contributed by atoms with van der Waals surface area (Å²) in [6, 6.07) is 0. The van der Waals surface area contributed by atoms with Crippen LogP contribution in [0.1, 0.15) is 65.7 Å². The first-order valence-electron chi connectivity index (χ1n) is 7.91. The average Bonchev–Trinajstić information content (AvgIpc) is 2.89. The zero-order valence-corrected chi connectivity index (χ0v) is 12.1. The Bertz CT molecular complexity index is 238. The summed E-state index contributed by atoms with van der Waals surface area (Å²) in [6.07, 6.45) is 10.2. The fraction of sp³-hybridized carbons (Fsp3) is 1.00. The first kappa shape index (κ1) is 13.4. The largest absolute Gasteiger partial charge is 0.316 e. The molecule has 0 aromatic rings. The van der Waals surface area contributed by atoms with Gasteiger partial charge in [0.25, 0.3) is 0 Å². The second kappa shape index (κ2) is 5.73. The maximum Gasteiger partial charge on any atom is 0.00107 e. The van der Waals surface area contributed by atoms with Crippen LogP contribution in [0.3, 0.4) is 0 Å². The molecule has 17 heavy (non-hydrogen) atoms. The number of fused-ring (bicyclic) bond motifs is 2. The molecule has 1 nitrogen and oxygen atoms in total. The van der Waals surface area contributed by atoms with Gasteiger partial charge in [-0.15, -0.1) is 0 Å². The van der Waals surface area contributed by atoms with E-state index in [-0.39, 0.29) is 0 Å². The molecule has 4 unspecified atom stereocenters. The fourth-order valence-electron chi connectivity index (χ4n) is 4.45. The van der Waals surface area contributed by atoms with E-state index < -0.39 is 0 Å². The maximum absolute atomic E-state index is 3.73. The minimum Gasteiger partial charge on any atom is -0.316 e. The Balaban J connectivity index is 1.96. The van der Waals surface area contributed by atoms with Crippen LogP contribution in [0.15, 0.2) is 0 Å². The molecule has 0 aliphatic heterocycles. The third-order valence-corrected chi connectivity index (χ3v) is 5.46. The molecule has 1 heteroatoms. The average molecular weight is 237 g/mol. The van der Waals surface area contributed by atoms with Gasteiger partial charge in [-0.2, -0.15) is 0 Å². The van der Waals surface area contributed by atoms with E-state index in [0.717, 1.165) is 17.8 Å². The Kier molecular flexibility index (Phi) is 4.52. The molecule has 0 amide bonds. The smallest absolute Gasteiger partial charge is 0.00107 e. The van der Waals surface area contributed by atoms with Crippen LogP contribution in [0.5, 0.6) is 0 Å². The molecule has 0 saturated heterocycles. The Labute approximate surface area is 108 Å². The van der Waals surface area contributed by atoms with Gasteiger partial charge in [0.15, 0.2) is 0 Å². The highest BCUT2D eigenvalue weighted by atomic mass is 14.9. The third kappa shape index (κ3) is 2.86. The highest BCUT2D eigenvalue weighted by molar-refractivity contribution is 5.01. The van der Waals surface area contributed by atoms with Crippen LogP contribution in [0.2, 0.25) is 0 Å². The fourth-order valence-corrected chi connectivity index (χ4v) is 4.45. The van der Waals surface area contributed by atoms with Crippen LogP contribution < -0.4 is 5.32 Å². The van der Waals surface area contributed by atoms with Crippen molar-refractivity contribution in [1.82, 2.24) is 5.32 Å². The Hall–Kier alpha value is -0.0400. The van der Waals surface area contributed by atoms with Gasteiger partial charge in [0.2, 0.25) is 0 Å². The molecule has 0 aromatic carbocycles. The summed E-state index contributed by atoms with van der Waals surface area (Å²) in [5, 5.41) is 3.73. The van der Waals surface area contributed by atoms with Crippen molar-refractivity contribution in [3.63, 3.8) is 0 Å². The van der Waals surface area contributed by atoms with Crippen LogP contribution in [0.25, 0.3) is 0 Å². The first-order valence-corrected chi connectivity index (χ1v) is 7.91. The predicted octanol–water partition coefficient (Wildman–Crippen LogP) is 4.23. The van der Waals surface area contributed by atoms with Crippen LogP contribution in [0, 0.1) is 23.2 Å². The Morgan fingerprint density at radius 1 is 1.29 bits per heavy atom. The lowest BCUT2D eigenvalue weighted by atomic mass is 9.68. The molecule has 2 aliphatic rings. The van der Waals surface area contributed by atoms with Gasteiger partial charge >= 0.3 is 0 Å². The molecule has 2 fully saturated rings. The minimum atomic E-state index is 0.674. The molecule has 1 N–H and O–H groups in total.